The SMILES string of the molecule is CC.[B]C(O)(O)C([B])(O)Oc1nn(C(C)CO)c2c1/C=C/c1n[nH]c3cnc(cc13)-c1c(C)nn(C)c1OC(C)CN(C)C2. The van der Waals surface area contributed by atoms with Crippen molar-refractivity contribution in [3.63, 3.8) is 0 Å². The minimum Gasteiger partial charge on any atom is -0.473 e. The van der Waals surface area contributed by atoms with E-state index in [1.165, 1.54) is 4.68 Å². The number of aliphatic hydroxyl groups is 4. The highest BCUT2D eigenvalue weighted by molar-refractivity contribution is 6.23. The largest absolute Gasteiger partial charge is 0.473 e. The fraction of sp³-hybridized carbons (Fsp3) is 0.500. The Bertz CT molecular complexity index is 1640. The molecule has 0 aromatic carbocycles. The number of nitrogens with one attached hydrogen (secondary N) is 1. The average Bonchev–Trinajstić information content (AvgIpc) is 3.59. The molecule has 2 bridgehead atoms. The highest BCUT2D eigenvalue weighted by atomic mass is 16.7. The maximum Gasteiger partial charge on any atom is 0.242 e. The van der Waals surface area contributed by atoms with Crippen LogP contribution in [-0.4, -0.2) is 113 Å². The van der Waals surface area contributed by atoms with Gasteiger partial charge in [-0.3, -0.25) is 19.7 Å². The van der Waals surface area contributed by atoms with Crippen LogP contribution >= 0.6 is 0 Å². The molecular formula is C28H38B2N8O6. The summed E-state index contributed by atoms with van der Waals surface area (Å²) < 4.78 is 15.0. The van der Waals surface area contributed by atoms with Crippen molar-refractivity contribution in [3.05, 3.63) is 34.9 Å². The second-order valence-corrected chi connectivity index (χ2v) is 10.7. The lowest BCUT2D eigenvalue weighted by molar-refractivity contribution is -0.255. The Balaban J connectivity index is 0.00000216. The van der Waals surface area contributed by atoms with Crippen LogP contribution in [0, 0.1) is 6.92 Å². The lowest BCUT2D eigenvalue weighted by Gasteiger charge is -2.34. The number of aryl methyl sites for hydroxylation is 2. The second-order valence-electron chi connectivity index (χ2n) is 10.7. The van der Waals surface area contributed by atoms with E-state index < -0.39 is 17.4 Å². The number of aromatic nitrogens is 7. The van der Waals surface area contributed by atoms with Crippen molar-refractivity contribution in [1.29, 1.82) is 0 Å². The Kier molecular flexibility index (Phi) is 9.61. The fourth-order valence-corrected chi connectivity index (χ4v) is 4.94. The van der Waals surface area contributed by atoms with Gasteiger partial charge in [0.15, 0.2) is 21.4 Å². The van der Waals surface area contributed by atoms with Gasteiger partial charge in [0.25, 0.3) is 0 Å². The zero-order valence-electron chi connectivity index (χ0n) is 26.0. The number of rotatable bonds is 5. The number of ether oxygens (including phenoxy) is 2. The molecule has 0 spiro atoms. The number of fused-ring (bicyclic) bond motifs is 4. The Morgan fingerprint density at radius 1 is 1.18 bits per heavy atom. The number of likely N-dealkylation sites (N-methyl/N-ethyl adjacent to an activating group) is 1. The molecule has 4 radical (unpaired) electrons. The Labute approximate surface area is 258 Å². The van der Waals surface area contributed by atoms with Crippen LogP contribution in [0.2, 0.25) is 0 Å². The third-order valence-electron chi connectivity index (χ3n) is 7.09. The first-order valence-corrected chi connectivity index (χ1v) is 14.3. The number of H-pyrrole nitrogens is 1. The van der Waals surface area contributed by atoms with Crippen molar-refractivity contribution in [2.75, 3.05) is 20.2 Å². The number of nitrogens with zero attached hydrogens (tertiary/aromatic N) is 7. The average molecular weight is 604 g/mol. The summed E-state index contributed by atoms with van der Waals surface area (Å²) in [6.45, 7) is 10.1. The molecule has 44 heavy (non-hydrogen) atoms. The molecule has 3 atom stereocenters. The molecule has 14 nitrogen and oxygen atoms in total. The summed E-state index contributed by atoms with van der Waals surface area (Å²) in [5.41, 5.74) is -2.11. The van der Waals surface area contributed by atoms with Crippen molar-refractivity contribution in [3.8, 4) is 23.0 Å². The van der Waals surface area contributed by atoms with Crippen LogP contribution in [0.5, 0.6) is 11.8 Å². The van der Waals surface area contributed by atoms with Gasteiger partial charge < -0.3 is 29.9 Å². The van der Waals surface area contributed by atoms with Crippen molar-refractivity contribution in [1.82, 2.24) is 39.6 Å². The van der Waals surface area contributed by atoms with Gasteiger partial charge in [-0.25, -0.2) is 4.68 Å². The molecule has 0 saturated heterocycles. The van der Waals surface area contributed by atoms with Crippen LogP contribution in [0.1, 0.15) is 56.4 Å². The number of aromatic amines is 1. The molecule has 0 amide bonds. The first-order chi connectivity index (χ1) is 20.7. The lowest BCUT2D eigenvalue weighted by atomic mass is 9.75. The van der Waals surface area contributed by atoms with E-state index in [4.69, 9.17) is 25.2 Å². The van der Waals surface area contributed by atoms with Gasteiger partial charge >= 0.3 is 0 Å². The summed E-state index contributed by atoms with van der Waals surface area (Å²) in [5.74, 6) is 0.328. The predicted molar refractivity (Wildman–Crippen MR) is 166 cm³/mol. The molecule has 4 aromatic rings. The summed E-state index contributed by atoms with van der Waals surface area (Å²) in [4.78, 5) is 6.62. The van der Waals surface area contributed by atoms with E-state index in [1.54, 1.807) is 30.0 Å². The standard InChI is InChI=1S/C26H32B2N8O6.C2H6/c1-13(12-37)36-21-11-34(4)10-14(2)41-24-22(15(3)32-35(24)5)19-8-17-18(30-31-20(17)9-29-19)7-6-16(21)23(33-36)42-26(28,40)25(27,38)39;1-2/h6-9,13-14,37-40H,10-12H2,1-5H3,(H,30,31);1-2H3/b7-6+;. The normalized spacial score (nSPS) is 18.6. The minimum absolute atomic E-state index is 0.247. The highest BCUT2D eigenvalue weighted by Gasteiger charge is 2.42. The van der Waals surface area contributed by atoms with Gasteiger partial charge in [0, 0.05) is 25.5 Å². The first kappa shape index (κ1) is 33.2. The van der Waals surface area contributed by atoms with Gasteiger partial charge in [0.1, 0.15) is 6.10 Å². The van der Waals surface area contributed by atoms with E-state index in [0.717, 1.165) is 16.6 Å². The van der Waals surface area contributed by atoms with E-state index in [-0.39, 0.29) is 25.1 Å². The van der Waals surface area contributed by atoms with Gasteiger partial charge in [-0.1, -0.05) is 13.8 Å². The van der Waals surface area contributed by atoms with E-state index in [0.29, 0.717) is 40.6 Å². The van der Waals surface area contributed by atoms with E-state index in [1.807, 2.05) is 52.8 Å². The van der Waals surface area contributed by atoms with Crippen molar-refractivity contribution >= 4 is 38.7 Å². The van der Waals surface area contributed by atoms with Crippen molar-refractivity contribution in [2.45, 2.75) is 64.7 Å². The Hall–Kier alpha value is -3.69. The third-order valence-corrected chi connectivity index (χ3v) is 7.09. The summed E-state index contributed by atoms with van der Waals surface area (Å²) in [7, 11) is 14.6. The van der Waals surface area contributed by atoms with Crippen LogP contribution in [0.15, 0.2) is 12.3 Å². The van der Waals surface area contributed by atoms with Gasteiger partial charge in [-0.2, -0.15) is 10.2 Å². The van der Waals surface area contributed by atoms with Crippen LogP contribution in [0.3, 0.4) is 0 Å². The van der Waals surface area contributed by atoms with Crippen molar-refractivity contribution < 1.29 is 29.9 Å². The molecule has 3 unspecified atom stereocenters. The monoisotopic (exact) mass is 604 g/mol. The Morgan fingerprint density at radius 2 is 1.89 bits per heavy atom. The quantitative estimate of drug-likeness (QED) is 0.161. The molecule has 1 aliphatic rings. The molecule has 5 rings (SSSR count). The summed E-state index contributed by atoms with van der Waals surface area (Å²) >= 11 is 0. The zero-order valence-corrected chi connectivity index (χ0v) is 26.0. The van der Waals surface area contributed by atoms with Crippen LogP contribution < -0.4 is 9.47 Å². The smallest absolute Gasteiger partial charge is 0.242 e. The summed E-state index contributed by atoms with van der Waals surface area (Å²) in [6.07, 6.45) is 4.76. The fourth-order valence-electron chi connectivity index (χ4n) is 4.94. The van der Waals surface area contributed by atoms with E-state index >= 15 is 0 Å². The van der Waals surface area contributed by atoms with E-state index in [2.05, 4.69) is 25.4 Å². The number of hydrogen-bond acceptors (Lipinski definition) is 11. The highest BCUT2D eigenvalue weighted by Crippen LogP contribution is 2.36. The van der Waals surface area contributed by atoms with Gasteiger partial charge in [-0.15, -0.1) is 5.10 Å². The molecule has 1 aliphatic heterocycles. The predicted octanol–water partition coefficient (Wildman–Crippen LogP) is 0.826. The first-order valence-electron chi connectivity index (χ1n) is 14.3. The number of pyridine rings is 1. The lowest BCUT2D eigenvalue weighted by Crippen LogP contribution is -2.59. The second kappa shape index (κ2) is 12.7. The molecule has 5 heterocycles. The zero-order chi connectivity index (χ0) is 32.6. The van der Waals surface area contributed by atoms with Crippen LogP contribution in [0.25, 0.3) is 34.3 Å². The minimum atomic E-state index is -3.32. The summed E-state index contributed by atoms with van der Waals surface area (Å²) in [6, 6.07) is 1.37. The van der Waals surface area contributed by atoms with Crippen molar-refractivity contribution in [2.24, 2.45) is 7.05 Å². The molecule has 232 valence electrons. The molecule has 0 aliphatic carbocycles. The third kappa shape index (κ3) is 6.40. The van der Waals surface area contributed by atoms with Gasteiger partial charge in [0.2, 0.25) is 17.4 Å². The summed E-state index contributed by atoms with van der Waals surface area (Å²) in [5, 5.41) is 57.2. The molecule has 0 fully saturated rings. The van der Waals surface area contributed by atoms with Gasteiger partial charge in [0.05, 0.1) is 58.3 Å². The van der Waals surface area contributed by atoms with Gasteiger partial charge in [-0.05, 0) is 46.0 Å². The topological polar surface area (TPSA) is 180 Å². The van der Waals surface area contributed by atoms with Crippen LogP contribution in [-0.2, 0) is 13.6 Å². The molecular weight excluding hydrogens is 566 g/mol. The molecule has 0 saturated carbocycles. The maximum atomic E-state index is 10.4. The Morgan fingerprint density at radius 3 is 2.55 bits per heavy atom. The molecule has 4 aromatic heterocycles. The number of aliphatic hydroxyl groups excluding tert-OH is 1. The van der Waals surface area contributed by atoms with Crippen LogP contribution in [0.4, 0.5) is 0 Å². The molecule has 16 heteroatoms. The number of hydrogen-bond donors (Lipinski definition) is 5. The molecule has 5 N–H and O–H groups in total. The maximum absolute atomic E-state index is 10.4. The van der Waals surface area contributed by atoms with E-state index in [9.17, 15) is 20.4 Å².